The molecule has 1 aromatic heterocycles. The molecule has 0 spiro atoms. The third-order valence-corrected chi connectivity index (χ3v) is 3.73. The molecule has 1 aromatic rings. The number of ether oxygens (including phenoxy) is 2. The van der Waals surface area contributed by atoms with Gasteiger partial charge in [0.25, 0.3) is 0 Å². The van der Waals surface area contributed by atoms with Gasteiger partial charge in [-0.3, -0.25) is 10.1 Å². The molecule has 7 nitrogen and oxygen atoms in total. The molecule has 1 unspecified atom stereocenters. The van der Waals surface area contributed by atoms with Gasteiger partial charge in [0.15, 0.2) is 5.00 Å². The number of nitro groups is 1. The summed E-state index contributed by atoms with van der Waals surface area (Å²) in [5.74, 6) is -0.538. The highest BCUT2D eigenvalue weighted by Gasteiger charge is 2.25. The monoisotopic (exact) mass is 286 g/mol. The maximum Gasteiger partial charge on any atom is 0.348 e. The van der Waals surface area contributed by atoms with E-state index in [0.717, 1.165) is 24.4 Å². The first kappa shape index (κ1) is 13.8. The molecule has 1 atom stereocenters. The highest BCUT2D eigenvalue weighted by molar-refractivity contribution is 7.18. The Balaban J connectivity index is 2.10. The number of hydrogen-bond donors (Lipinski definition) is 1. The first-order chi connectivity index (χ1) is 9.11. The Kier molecular flexibility index (Phi) is 4.33. The molecule has 8 heteroatoms. The number of carbonyl (C=O) groups excluding carboxylic acids is 1. The van der Waals surface area contributed by atoms with Gasteiger partial charge in [-0.1, -0.05) is 0 Å². The molecule has 1 saturated heterocycles. The second-order valence-electron chi connectivity index (χ2n) is 3.96. The lowest BCUT2D eigenvalue weighted by atomic mass is 10.2. The summed E-state index contributed by atoms with van der Waals surface area (Å²) in [6.45, 7) is 3.16. The van der Waals surface area contributed by atoms with Crippen LogP contribution in [-0.4, -0.2) is 36.8 Å². The lowest BCUT2D eigenvalue weighted by Crippen LogP contribution is -2.33. The second-order valence-corrected chi connectivity index (χ2v) is 5.02. The minimum atomic E-state index is -0.538. The summed E-state index contributed by atoms with van der Waals surface area (Å²) in [6.07, 6.45) is 1.03. The van der Waals surface area contributed by atoms with Crippen LogP contribution >= 0.6 is 11.3 Å². The fourth-order valence-corrected chi connectivity index (χ4v) is 2.52. The number of nitrogens with one attached hydrogen (secondary N) is 1. The molecule has 104 valence electrons. The average molecular weight is 286 g/mol. The first-order valence-corrected chi connectivity index (χ1v) is 6.74. The number of carbonyl (C=O) groups is 1. The van der Waals surface area contributed by atoms with Crippen LogP contribution < -0.4 is 5.32 Å². The van der Waals surface area contributed by atoms with Crippen molar-refractivity contribution in [1.82, 2.24) is 0 Å². The Hall–Kier alpha value is -1.67. The minimum absolute atomic E-state index is 0.0905. The van der Waals surface area contributed by atoms with E-state index < -0.39 is 10.9 Å². The van der Waals surface area contributed by atoms with E-state index in [0.29, 0.717) is 11.5 Å². The maximum absolute atomic E-state index is 11.6. The van der Waals surface area contributed by atoms with Crippen LogP contribution in [0.5, 0.6) is 0 Å². The molecule has 1 N–H and O–H groups in total. The smallest absolute Gasteiger partial charge is 0.348 e. The van der Waals surface area contributed by atoms with E-state index in [2.05, 4.69) is 5.32 Å². The largest absolute Gasteiger partial charge is 0.462 e. The van der Waals surface area contributed by atoms with Gasteiger partial charge in [0.05, 0.1) is 17.6 Å². The number of nitrogens with zero attached hydrogens (tertiary/aromatic N) is 1. The molecule has 0 bridgehead atoms. The van der Waals surface area contributed by atoms with E-state index in [-0.39, 0.29) is 23.3 Å². The third kappa shape index (κ3) is 3.21. The van der Waals surface area contributed by atoms with Gasteiger partial charge in [-0.2, -0.15) is 0 Å². The fraction of sp³-hybridized carbons (Fsp3) is 0.545. The van der Waals surface area contributed by atoms with E-state index in [9.17, 15) is 14.9 Å². The first-order valence-electron chi connectivity index (χ1n) is 5.92. The zero-order valence-corrected chi connectivity index (χ0v) is 11.2. The molecule has 0 radical (unpaired) electrons. The van der Waals surface area contributed by atoms with Crippen molar-refractivity contribution in [3.63, 3.8) is 0 Å². The summed E-state index contributed by atoms with van der Waals surface area (Å²) in [6, 6.07) is 1.24. The zero-order valence-electron chi connectivity index (χ0n) is 10.4. The van der Waals surface area contributed by atoms with Gasteiger partial charge >= 0.3 is 11.7 Å². The van der Waals surface area contributed by atoms with Crippen LogP contribution in [-0.2, 0) is 9.47 Å². The van der Waals surface area contributed by atoms with E-state index in [1.54, 1.807) is 6.92 Å². The summed E-state index contributed by atoms with van der Waals surface area (Å²) < 4.78 is 10.1. The standard InChI is InChI=1S/C11H14N2O5S/c1-2-17-11(14)9-5-8(13(15)16)10(19-9)12-6-7-3-4-18-7/h5,7,12H,2-4,6H2,1H3. The lowest BCUT2D eigenvalue weighted by Gasteiger charge is -2.26. The summed E-state index contributed by atoms with van der Waals surface area (Å²) in [4.78, 5) is 22.2. The average Bonchev–Trinajstić information content (AvgIpc) is 2.71. The van der Waals surface area contributed by atoms with Crippen molar-refractivity contribution in [1.29, 1.82) is 0 Å². The molecule has 0 saturated carbocycles. The summed E-state index contributed by atoms with van der Waals surface area (Å²) in [5.41, 5.74) is -0.104. The Morgan fingerprint density at radius 2 is 2.47 bits per heavy atom. The van der Waals surface area contributed by atoms with Gasteiger partial charge in [0.2, 0.25) is 0 Å². The summed E-state index contributed by atoms with van der Waals surface area (Å²) >= 11 is 1.03. The van der Waals surface area contributed by atoms with Gasteiger partial charge in [-0.15, -0.1) is 11.3 Å². The molecular formula is C11H14N2O5S. The van der Waals surface area contributed by atoms with Gasteiger partial charge < -0.3 is 14.8 Å². The number of thiophene rings is 1. The molecular weight excluding hydrogens is 272 g/mol. The minimum Gasteiger partial charge on any atom is -0.462 e. The van der Waals surface area contributed by atoms with E-state index in [1.165, 1.54) is 6.07 Å². The summed E-state index contributed by atoms with van der Waals surface area (Å²) in [5, 5.41) is 14.3. The Morgan fingerprint density at radius 1 is 1.74 bits per heavy atom. The number of rotatable bonds is 6. The molecule has 1 fully saturated rings. The van der Waals surface area contributed by atoms with Gasteiger partial charge in [-0.05, 0) is 13.3 Å². The maximum atomic E-state index is 11.6. The SMILES string of the molecule is CCOC(=O)c1cc([N+](=O)[O-])c(NCC2CCO2)s1. The van der Waals surface area contributed by atoms with Gasteiger partial charge in [0, 0.05) is 19.2 Å². The van der Waals surface area contributed by atoms with Crippen LogP contribution in [0.4, 0.5) is 10.7 Å². The molecule has 19 heavy (non-hydrogen) atoms. The Labute approximate surface area is 113 Å². The van der Waals surface area contributed by atoms with E-state index in [4.69, 9.17) is 9.47 Å². The van der Waals surface area contributed by atoms with Crippen molar-refractivity contribution in [2.45, 2.75) is 19.4 Å². The lowest BCUT2D eigenvalue weighted by molar-refractivity contribution is -0.383. The van der Waals surface area contributed by atoms with Crippen molar-refractivity contribution in [2.75, 3.05) is 25.1 Å². The molecule has 0 aromatic carbocycles. The van der Waals surface area contributed by atoms with Crippen molar-refractivity contribution < 1.29 is 19.2 Å². The number of hydrogen-bond acceptors (Lipinski definition) is 7. The second kappa shape index (κ2) is 5.98. The van der Waals surface area contributed by atoms with E-state index in [1.807, 2.05) is 0 Å². The number of esters is 1. The van der Waals surface area contributed by atoms with Crippen molar-refractivity contribution >= 4 is 28.0 Å². The Morgan fingerprint density at radius 3 is 3.00 bits per heavy atom. The molecule has 1 aliphatic heterocycles. The normalized spacial score (nSPS) is 17.6. The Bertz CT molecular complexity index is 483. The third-order valence-electron chi connectivity index (χ3n) is 2.67. The van der Waals surface area contributed by atoms with Crippen molar-refractivity contribution in [3.05, 3.63) is 21.1 Å². The topological polar surface area (TPSA) is 90.7 Å². The predicted molar refractivity (Wildman–Crippen MR) is 69.8 cm³/mol. The van der Waals surface area contributed by atoms with Crippen LogP contribution in [0.15, 0.2) is 6.07 Å². The van der Waals surface area contributed by atoms with Crippen LogP contribution in [0.1, 0.15) is 23.0 Å². The van der Waals surface area contributed by atoms with Crippen molar-refractivity contribution in [2.24, 2.45) is 0 Å². The van der Waals surface area contributed by atoms with Crippen LogP contribution in [0.25, 0.3) is 0 Å². The van der Waals surface area contributed by atoms with Crippen LogP contribution in [0.3, 0.4) is 0 Å². The van der Waals surface area contributed by atoms with Crippen LogP contribution in [0, 0.1) is 10.1 Å². The van der Waals surface area contributed by atoms with Gasteiger partial charge in [0.1, 0.15) is 4.88 Å². The molecule has 0 amide bonds. The molecule has 1 aliphatic rings. The van der Waals surface area contributed by atoms with Crippen molar-refractivity contribution in [3.8, 4) is 0 Å². The quantitative estimate of drug-likeness (QED) is 0.489. The molecule has 0 aliphatic carbocycles. The highest BCUT2D eigenvalue weighted by atomic mass is 32.1. The molecule has 2 heterocycles. The molecule has 2 rings (SSSR count). The highest BCUT2D eigenvalue weighted by Crippen LogP contribution is 2.35. The van der Waals surface area contributed by atoms with Gasteiger partial charge in [-0.25, -0.2) is 4.79 Å². The predicted octanol–water partition coefficient (Wildman–Crippen LogP) is 2.03. The number of anilines is 1. The summed E-state index contributed by atoms with van der Waals surface area (Å²) in [7, 11) is 0. The van der Waals surface area contributed by atoms with E-state index >= 15 is 0 Å². The van der Waals surface area contributed by atoms with Crippen LogP contribution in [0.2, 0.25) is 0 Å². The zero-order chi connectivity index (χ0) is 13.8. The fourth-order valence-electron chi connectivity index (χ4n) is 1.60.